The van der Waals surface area contributed by atoms with Crippen molar-refractivity contribution in [2.24, 2.45) is 0 Å². The van der Waals surface area contributed by atoms with Crippen LogP contribution in [0.25, 0.3) is 5.69 Å². The largest absolute Gasteiger partial charge is 0.494 e. The van der Waals surface area contributed by atoms with Gasteiger partial charge in [-0.05, 0) is 62.2 Å². The first-order valence-electron chi connectivity index (χ1n) is 9.25. The van der Waals surface area contributed by atoms with Crippen molar-refractivity contribution in [3.8, 4) is 11.4 Å². The Morgan fingerprint density at radius 1 is 1.11 bits per heavy atom. The number of amides is 1. The number of aromatic nitrogens is 2. The maximum absolute atomic E-state index is 12.6. The number of benzene rings is 2. The predicted octanol–water partition coefficient (Wildman–Crippen LogP) is 4.92. The van der Waals surface area contributed by atoms with Crippen LogP contribution in [0.2, 0.25) is 0 Å². The van der Waals surface area contributed by atoms with Crippen molar-refractivity contribution >= 4 is 11.6 Å². The molecule has 0 bridgehead atoms. The fraction of sp³-hybridized carbons (Fsp3) is 0.273. The molecule has 27 heavy (non-hydrogen) atoms. The Hall–Kier alpha value is -3.08. The summed E-state index contributed by atoms with van der Waals surface area (Å²) in [5.41, 5.74) is 3.94. The fourth-order valence-electron chi connectivity index (χ4n) is 2.80. The summed E-state index contributed by atoms with van der Waals surface area (Å²) in [6.45, 7) is 6.73. The van der Waals surface area contributed by atoms with E-state index in [1.54, 1.807) is 10.7 Å². The highest BCUT2D eigenvalue weighted by atomic mass is 16.5. The number of hydrogen-bond donors (Lipinski definition) is 1. The molecule has 0 aliphatic carbocycles. The number of hydrogen-bond acceptors (Lipinski definition) is 3. The van der Waals surface area contributed by atoms with Crippen LogP contribution < -0.4 is 10.1 Å². The summed E-state index contributed by atoms with van der Waals surface area (Å²) >= 11 is 0. The van der Waals surface area contributed by atoms with Crippen LogP contribution in [0.5, 0.6) is 5.75 Å². The lowest BCUT2D eigenvalue weighted by atomic mass is 10.2. The summed E-state index contributed by atoms with van der Waals surface area (Å²) in [4.78, 5) is 12.6. The number of ether oxygens (including phenoxy) is 1. The van der Waals surface area contributed by atoms with Crippen LogP contribution in [0.4, 0.5) is 5.69 Å². The van der Waals surface area contributed by atoms with E-state index in [9.17, 15) is 4.79 Å². The Bertz CT molecular complexity index is 917. The Morgan fingerprint density at radius 3 is 2.59 bits per heavy atom. The van der Waals surface area contributed by atoms with E-state index in [0.717, 1.165) is 41.2 Å². The minimum Gasteiger partial charge on any atom is -0.494 e. The molecule has 0 spiro atoms. The van der Waals surface area contributed by atoms with Gasteiger partial charge in [-0.25, -0.2) is 4.68 Å². The molecule has 0 fully saturated rings. The van der Waals surface area contributed by atoms with E-state index in [1.807, 2.05) is 62.4 Å². The van der Waals surface area contributed by atoms with Crippen LogP contribution in [-0.2, 0) is 0 Å². The van der Waals surface area contributed by atoms with Gasteiger partial charge in [0.1, 0.15) is 5.75 Å². The quantitative estimate of drug-likeness (QED) is 0.606. The zero-order chi connectivity index (χ0) is 19.2. The minimum absolute atomic E-state index is 0.226. The normalized spacial score (nSPS) is 10.6. The second kappa shape index (κ2) is 8.54. The van der Waals surface area contributed by atoms with Crippen molar-refractivity contribution in [3.63, 3.8) is 0 Å². The Balaban J connectivity index is 1.72. The Morgan fingerprint density at radius 2 is 1.89 bits per heavy atom. The molecule has 0 saturated heterocycles. The number of nitrogens with one attached hydrogen (secondary N) is 1. The van der Waals surface area contributed by atoms with Crippen LogP contribution in [-0.4, -0.2) is 22.3 Å². The third kappa shape index (κ3) is 4.56. The molecular weight excluding hydrogens is 338 g/mol. The van der Waals surface area contributed by atoms with E-state index >= 15 is 0 Å². The first kappa shape index (κ1) is 18.7. The van der Waals surface area contributed by atoms with Crippen molar-refractivity contribution in [1.29, 1.82) is 0 Å². The zero-order valence-electron chi connectivity index (χ0n) is 16.0. The molecule has 1 heterocycles. The van der Waals surface area contributed by atoms with Gasteiger partial charge in [0.15, 0.2) is 5.69 Å². The molecule has 0 aliphatic heterocycles. The number of aryl methyl sites for hydroxylation is 2. The van der Waals surface area contributed by atoms with Gasteiger partial charge >= 0.3 is 0 Å². The van der Waals surface area contributed by atoms with Gasteiger partial charge in [0.2, 0.25) is 0 Å². The number of unbranched alkanes of at least 4 members (excludes halogenated alkanes) is 1. The minimum atomic E-state index is -0.226. The zero-order valence-corrected chi connectivity index (χ0v) is 16.0. The fourth-order valence-corrected chi connectivity index (χ4v) is 2.80. The van der Waals surface area contributed by atoms with E-state index in [1.165, 1.54) is 0 Å². The third-order valence-electron chi connectivity index (χ3n) is 4.33. The highest BCUT2D eigenvalue weighted by Crippen LogP contribution is 2.22. The topological polar surface area (TPSA) is 56.1 Å². The first-order valence-corrected chi connectivity index (χ1v) is 9.25. The lowest BCUT2D eigenvalue weighted by molar-refractivity contribution is 0.102. The van der Waals surface area contributed by atoms with Crippen molar-refractivity contribution in [2.75, 3.05) is 11.9 Å². The van der Waals surface area contributed by atoms with Crippen LogP contribution in [0.15, 0.2) is 54.6 Å². The molecular formula is C22H25N3O2. The molecule has 140 valence electrons. The maximum Gasteiger partial charge on any atom is 0.276 e. The van der Waals surface area contributed by atoms with Crippen molar-refractivity contribution in [1.82, 2.24) is 9.78 Å². The van der Waals surface area contributed by atoms with Crippen molar-refractivity contribution in [2.45, 2.75) is 33.6 Å². The van der Waals surface area contributed by atoms with Gasteiger partial charge in [0.05, 0.1) is 12.3 Å². The van der Waals surface area contributed by atoms with E-state index in [0.29, 0.717) is 12.3 Å². The third-order valence-corrected chi connectivity index (χ3v) is 4.33. The van der Waals surface area contributed by atoms with Gasteiger partial charge in [-0.1, -0.05) is 31.5 Å². The first-order chi connectivity index (χ1) is 13.1. The average molecular weight is 363 g/mol. The summed E-state index contributed by atoms with van der Waals surface area (Å²) in [6, 6.07) is 17.3. The molecule has 5 heteroatoms. The summed E-state index contributed by atoms with van der Waals surface area (Å²) in [5, 5.41) is 7.40. The lowest BCUT2D eigenvalue weighted by Crippen LogP contribution is -2.14. The van der Waals surface area contributed by atoms with Gasteiger partial charge in [0, 0.05) is 11.4 Å². The van der Waals surface area contributed by atoms with Gasteiger partial charge in [-0.3, -0.25) is 4.79 Å². The second-order valence-electron chi connectivity index (χ2n) is 6.55. The number of para-hydroxylation sites is 1. The highest BCUT2D eigenvalue weighted by Gasteiger charge is 2.14. The van der Waals surface area contributed by atoms with Crippen molar-refractivity contribution < 1.29 is 9.53 Å². The van der Waals surface area contributed by atoms with Gasteiger partial charge in [0.25, 0.3) is 5.91 Å². The molecule has 3 aromatic rings. The van der Waals surface area contributed by atoms with Crippen LogP contribution in [0.3, 0.4) is 0 Å². The molecule has 2 aromatic carbocycles. The Labute approximate surface area is 160 Å². The Kier molecular flexibility index (Phi) is 5.91. The summed E-state index contributed by atoms with van der Waals surface area (Å²) in [7, 11) is 0. The molecule has 0 radical (unpaired) electrons. The standard InChI is InChI=1S/C22H25N3O2/c1-4-5-13-27-19-11-12-20(16(2)14-19)23-22(26)21-15-17(3)25(24-21)18-9-7-6-8-10-18/h6-12,14-15H,4-5,13H2,1-3H3,(H,23,26). The maximum atomic E-state index is 12.6. The van der Waals surface area contributed by atoms with E-state index in [-0.39, 0.29) is 5.91 Å². The smallest absolute Gasteiger partial charge is 0.276 e. The molecule has 1 N–H and O–H groups in total. The van der Waals surface area contributed by atoms with E-state index < -0.39 is 0 Å². The number of nitrogens with zero attached hydrogens (tertiary/aromatic N) is 2. The van der Waals surface area contributed by atoms with Crippen LogP contribution in [0, 0.1) is 13.8 Å². The molecule has 0 atom stereocenters. The monoisotopic (exact) mass is 363 g/mol. The van der Waals surface area contributed by atoms with Gasteiger partial charge in [-0.2, -0.15) is 5.10 Å². The van der Waals surface area contributed by atoms with Gasteiger partial charge in [-0.15, -0.1) is 0 Å². The summed E-state index contributed by atoms with van der Waals surface area (Å²) in [5.74, 6) is 0.596. The summed E-state index contributed by atoms with van der Waals surface area (Å²) < 4.78 is 7.48. The van der Waals surface area contributed by atoms with E-state index in [2.05, 4.69) is 17.3 Å². The molecule has 0 unspecified atom stereocenters. The number of anilines is 1. The van der Waals surface area contributed by atoms with Gasteiger partial charge < -0.3 is 10.1 Å². The number of carbonyl (C=O) groups excluding carboxylic acids is 1. The molecule has 1 amide bonds. The SMILES string of the molecule is CCCCOc1ccc(NC(=O)c2cc(C)n(-c3ccccc3)n2)c(C)c1. The molecule has 3 rings (SSSR count). The second-order valence-corrected chi connectivity index (χ2v) is 6.55. The molecule has 0 aliphatic rings. The van der Waals surface area contributed by atoms with Crippen LogP contribution in [0.1, 0.15) is 41.5 Å². The number of carbonyl (C=O) groups is 1. The van der Waals surface area contributed by atoms with E-state index in [4.69, 9.17) is 4.74 Å². The summed E-state index contributed by atoms with van der Waals surface area (Å²) in [6.07, 6.45) is 2.13. The molecule has 0 saturated carbocycles. The molecule has 5 nitrogen and oxygen atoms in total. The molecule has 1 aromatic heterocycles. The predicted molar refractivity (Wildman–Crippen MR) is 108 cm³/mol. The number of rotatable bonds is 7. The van der Waals surface area contributed by atoms with Crippen LogP contribution >= 0.6 is 0 Å². The lowest BCUT2D eigenvalue weighted by Gasteiger charge is -2.10. The van der Waals surface area contributed by atoms with Crippen molar-refractivity contribution in [3.05, 3.63) is 71.5 Å². The highest BCUT2D eigenvalue weighted by molar-refractivity contribution is 6.03. The average Bonchev–Trinajstić information content (AvgIpc) is 3.07.